The van der Waals surface area contributed by atoms with Gasteiger partial charge in [-0.1, -0.05) is 11.6 Å². The summed E-state index contributed by atoms with van der Waals surface area (Å²) < 4.78 is 39.2. The van der Waals surface area contributed by atoms with Gasteiger partial charge in [-0.05, 0) is 60.5 Å². The fourth-order valence-electron chi connectivity index (χ4n) is 3.36. The molecule has 2 N–H and O–H groups in total. The van der Waals surface area contributed by atoms with E-state index in [2.05, 4.69) is 14.7 Å². The second-order valence-corrected chi connectivity index (χ2v) is 9.31. The molecule has 2 heterocycles. The molecule has 0 spiro atoms. The number of benzene rings is 2. The molecule has 0 aliphatic rings. The first-order chi connectivity index (χ1) is 14.6. The Hall–Kier alpha value is -3.23. The zero-order valence-corrected chi connectivity index (χ0v) is 18.1. The summed E-state index contributed by atoms with van der Waals surface area (Å²) >= 11 is 6.39. The molecule has 4 rings (SSSR count). The van der Waals surface area contributed by atoms with E-state index >= 15 is 0 Å². The van der Waals surface area contributed by atoms with E-state index in [1.807, 2.05) is 0 Å². The summed E-state index contributed by atoms with van der Waals surface area (Å²) in [5, 5.41) is 0.586. The second-order valence-electron chi connectivity index (χ2n) is 7.15. The number of aromatic amines is 1. The van der Waals surface area contributed by atoms with Crippen LogP contribution in [0.2, 0.25) is 5.02 Å². The second kappa shape index (κ2) is 7.79. The number of rotatable bonds is 4. The number of fused-ring (bicyclic) bond motifs is 1. The maximum atomic E-state index is 13.5. The molecule has 0 fully saturated rings. The highest BCUT2D eigenvalue weighted by Gasteiger charge is 2.17. The normalized spacial score (nSPS) is 11.6. The Labute approximate surface area is 182 Å². The molecule has 4 aromatic rings. The van der Waals surface area contributed by atoms with Crippen LogP contribution in [0.3, 0.4) is 0 Å². The molecule has 0 unspecified atom stereocenters. The van der Waals surface area contributed by atoms with Crippen molar-refractivity contribution >= 4 is 38.3 Å². The van der Waals surface area contributed by atoms with Crippen molar-refractivity contribution in [1.29, 1.82) is 0 Å². The number of pyridine rings is 2. The van der Waals surface area contributed by atoms with E-state index in [0.717, 1.165) is 6.26 Å². The quantitative estimate of drug-likeness (QED) is 0.463. The summed E-state index contributed by atoms with van der Waals surface area (Å²) in [6.45, 7) is 1.72. The van der Waals surface area contributed by atoms with Crippen LogP contribution in [0.4, 0.5) is 10.1 Å². The van der Waals surface area contributed by atoms with Gasteiger partial charge in [-0.25, -0.2) is 17.8 Å². The van der Waals surface area contributed by atoms with Crippen LogP contribution in [0.15, 0.2) is 59.5 Å². The van der Waals surface area contributed by atoms with Crippen molar-refractivity contribution in [3.05, 3.63) is 81.4 Å². The molecule has 158 valence electrons. The van der Waals surface area contributed by atoms with Crippen LogP contribution in [-0.2, 0) is 10.0 Å². The summed E-state index contributed by atoms with van der Waals surface area (Å²) in [6, 6.07) is 12.3. The molecular weight excluding hydrogens is 441 g/mol. The van der Waals surface area contributed by atoms with Gasteiger partial charge in [0.25, 0.3) is 0 Å². The third-order valence-corrected chi connectivity index (χ3v) is 5.62. The highest BCUT2D eigenvalue weighted by molar-refractivity contribution is 7.92. The molecule has 6 nitrogen and oxygen atoms in total. The van der Waals surface area contributed by atoms with Gasteiger partial charge in [0.2, 0.25) is 10.0 Å². The van der Waals surface area contributed by atoms with E-state index in [1.54, 1.807) is 37.3 Å². The van der Waals surface area contributed by atoms with Crippen molar-refractivity contribution in [3.8, 4) is 22.4 Å². The predicted molar refractivity (Wildman–Crippen MR) is 121 cm³/mol. The van der Waals surface area contributed by atoms with E-state index < -0.39 is 10.0 Å². The van der Waals surface area contributed by atoms with Crippen LogP contribution < -0.4 is 10.2 Å². The SMILES string of the molecule is Cc1cc(-c2cc3c(=O)cc[nH]c3nc2-c2ccc(F)cc2)cc(Cl)c1NS(C)(=O)=O. The fourth-order valence-corrected chi connectivity index (χ4v) is 4.37. The van der Waals surface area contributed by atoms with Crippen LogP contribution in [0.5, 0.6) is 0 Å². The zero-order chi connectivity index (χ0) is 22.3. The van der Waals surface area contributed by atoms with Gasteiger partial charge in [-0.2, -0.15) is 0 Å². The van der Waals surface area contributed by atoms with Gasteiger partial charge in [0.05, 0.1) is 28.0 Å². The molecule has 0 saturated carbocycles. The molecule has 0 saturated heterocycles. The molecule has 0 aliphatic heterocycles. The van der Waals surface area contributed by atoms with Gasteiger partial charge >= 0.3 is 0 Å². The molecule has 0 bridgehead atoms. The van der Waals surface area contributed by atoms with Crippen LogP contribution in [0.25, 0.3) is 33.4 Å². The average molecular weight is 458 g/mol. The monoisotopic (exact) mass is 457 g/mol. The van der Waals surface area contributed by atoms with E-state index in [-0.39, 0.29) is 22.0 Å². The van der Waals surface area contributed by atoms with E-state index in [0.29, 0.717) is 39.0 Å². The van der Waals surface area contributed by atoms with Crippen LogP contribution >= 0.6 is 11.6 Å². The summed E-state index contributed by atoms with van der Waals surface area (Å²) in [6.07, 6.45) is 2.56. The first-order valence-electron chi connectivity index (χ1n) is 9.19. The highest BCUT2D eigenvalue weighted by Crippen LogP contribution is 2.37. The maximum Gasteiger partial charge on any atom is 0.229 e. The Bertz CT molecular complexity index is 1460. The average Bonchev–Trinajstić information content (AvgIpc) is 2.70. The lowest BCUT2D eigenvalue weighted by Crippen LogP contribution is -2.11. The lowest BCUT2D eigenvalue weighted by atomic mass is 9.96. The third kappa shape index (κ3) is 4.30. The fraction of sp³-hybridized carbons (Fsp3) is 0.0909. The summed E-state index contributed by atoms with van der Waals surface area (Å²) in [5.74, 6) is -0.380. The zero-order valence-electron chi connectivity index (χ0n) is 16.5. The summed E-state index contributed by atoms with van der Waals surface area (Å²) in [7, 11) is -3.52. The third-order valence-electron chi connectivity index (χ3n) is 4.75. The van der Waals surface area contributed by atoms with E-state index in [9.17, 15) is 17.6 Å². The topological polar surface area (TPSA) is 91.9 Å². The predicted octanol–water partition coefficient (Wildman–Crippen LogP) is 4.73. The molecule has 0 atom stereocenters. The minimum atomic E-state index is -3.52. The van der Waals surface area contributed by atoms with Gasteiger partial charge in [-0.15, -0.1) is 0 Å². The standard InChI is InChI=1S/C22H17ClFN3O3S/c1-12-9-14(10-18(23)20(12)27-31(2,29)30)16-11-17-19(28)7-8-25-22(17)26-21(16)13-3-5-15(24)6-4-13/h3-11,27H,1-2H3,(H,25,26,28). The number of nitrogens with one attached hydrogen (secondary N) is 2. The number of anilines is 1. The van der Waals surface area contributed by atoms with Gasteiger partial charge in [-0.3, -0.25) is 9.52 Å². The molecular formula is C22H17ClFN3O3S. The Morgan fingerprint density at radius 3 is 2.42 bits per heavy atom. The maximum absolute atomic E-state index is 13.5. The number of hydrogen-bond acceptors (Lipinski definition) is 4. The van der Waals surface area contributed by atoms with Crippen molar-refractivity contribution in [1.82, 2.24) is 9.97 Å². The molecule has 0 radical (unpaired) electrons. The van der Waals surface area contributed by atoms with Crippen molar-refractivity contribution in [2.45, 2.75) is 6.92 Å². The molecule has 0 aliphatic carbocycles. The van der Waals surface area contributed by atoms with Gasteiger partial charge in [0, 0.05) is 23.4 Å². The number of H-pyrrole nitrogens is 1. The summed E-state index contributed by atoms with van der Waals surface area (Å²) in [4.78, 5) is 20.0. The number of aryl methyl sites for hydroxylation is 1. The summed E-state index contributed by atoms with van der Waals surface area (Å²) in [5.41, 5.74) is 3.48. The van der Waals surface area contributed by atoms with Gasteiger partial charge in [0.1, 0.15) is 11.5 Å². The first kappa shape index (κ1) is 21.0. The molecule has 2 aromatic heterocycles. The molecule has 9 heteroatoms. The Morgan fingerprint density at radius 1 is 1.06 bits per heavy atom. The van der Waals surface area contributed by atoms with E-state index in [1.165, 1.54) is 24.4 Å². The molecule has 31 heavy (non-hydrogen) atoms. The van der Waals surface area contributed by atoms with Crippen molar-refractivity contribution in [2.75, 3.05) is 11.0 Å². The number of hydrogen-bond donors (Lipinski definition) is 2. The minimum Gasteiger partial charge on any atom is -0.346 e. The Morgan fingerprint density at radius 2 is 1.77 bits per heavy atom. The van der Waals surface area contributed by atoms with Crippen LogP contribution in [0, 0.1) is 12.7 Å². The van der Waals surface area contributed by atoms with Crippen LogP contribution in [0.1, 0.15) is 5.56 Å². The van der Waals surface area contributed by atoms with Crippen molar-refractivity contribution in [2.24, 2.45) is 0 Å². The number of aromatic nitrogens is 2. The molecule has 0 amide bonds. The molecule has 2 aromatic carbocycles. The Kier molecular flexibility index (Phi) is 5.28. The van der Waals surface area contributed by atoms with Crippen LogP contribution in [-0.4, -0.2) is 24.6 Å². The largest absolute Gasteiger partial charge is 0.346 e. The van der Waals surface area contributed by atoms with Crippen molar-refractivity contribution in [3.63, 3.8) is 0 Å². The lowest BCUT2D eigenvalue weighted by molar-refractivity contribution is 0.606. The van der Waals surface area contributed by atoms with Crippen molar-refractivity contribution < 1.29 is 12.8 Å². The van der Waals surface area contributed by atoms with E-state index in [4.69, 9.17) is 11.6 Å². The number of sulfonamides is 1. The lowest BCUT2D eigenvalue weighted by Gasteiger charge is -2.15. The Balaban J connectivity index is 2.00. The van der Waals surface area contributed by atoms with Gasteiger partial charge in [0.15, 0.2) is 5.43 Å². The number of nitrogens with zero attached hydrogens (tertiary/aromatic N) is 1. The first-order valence-corrected chi connectivity index (χ1v) is 11.5. The minimum absolute atomic E-state index is 0.201. The smallest absolute Gasteiger partial charge is 0.229 e. The van der Waals surface area contributed by atoms with Gasteiger partial charge < -0.3 is 4.98 Å². The number of halogens is 2. The highest BCUT2D eigenvalue weighted by atomic mass is 35.5.